The lowest BCUT2D eigenvalue weighted by molar-refractivity contribution is -0.0162. The van der Waals surface area contributed by atoms with Crippen LogP contribution in [0.5, 0.6) is 0 Å². The van der Waals surface area contributed by atoms with Crippen LogP contribution < -0.4 is 0 Å². The zero-order chi connectivity index (χ0) is 12.1. The molecule has 0 radical (unpaired) electrons. The molecule has 1 aromatic heterocycles. The van der Waals surface area contributed by atoms with Crippen molar-refractivity contribution in [1.29, 1.82) is 0 Å². The van der Waals surface area contributed by atoms with E-state index in [9.17, 15) is 5.11 Å². The van der Waals surface area contributed by atoms with Gasteiger partial charge in [0.15, 0.2) is 0 Å². The summed E-state index contributed by atoms with van der Waals surface area (Å²) < 4.78 is 7.43. The van der Waals surface area contributed by atoms with Crippen molar-refractivity contribution in [3.05, 3.63) is 18.0 Å². The van der Waals surface area contributed by atoms with Crippen LogP contribution in [0.25, 0.3) is 0 Å². The van der Waals surface area contributed by atoms with Gasteiger partial charge in [-0.1, -0.05) is 0 Å². The first-order chi connectivity index (χ1) is 8.24. The number of hydrogen-bond acceptors (Lipinski definition) is 3. The maximum Gasteiger partial charge on any atom is 0.0599 e. The van der Waals surface area contributed by atoms with E-state index >= 15 is 0 Å². The maximum atomic E-state index is 9.96. The molecule has 4 nitrogen and oxygen atoms in total. The molecule has 1 aromatic rings. The molecule has 2 unspecified atom stereocenters. The van der Waals surface area contributed by atoms with E-state index < -0.39 is 0 Å². The van der Waals surface area contributed by atoms with Gasteiger partial charge in [0.1, 0.15) is 0 Å². The van der Waals surface area contributed by atoms with Crippen LogP contribution in [0.1, 0.15) is 37.7 Å². The van der Waals surface area contributed by atoms with Crippen LogP contribution >= 0.6 is 0 Å². The maximum absolute atomic E-state index is 9.96. The number of aliphatic hydroxyl groups is 1. The first kappa shape index (κ1) is 12.6. The van der Waals surface area contributed by atoms with Crippen LogP contribution in [-0.4, -0.2) is 33.7 Å². The number of rotatable bonds is 5. The third kappa shape index (κ3) is 4.13. The topological polar surface area (TPSA) is 47.3 Å². The van der Waals surface area contributed by atoms with E-state index in [2.05, 4.69) is 5.10 Å². The van der Waals surface area contributed by atoms with E-state index in [0.29, 0.717) is 0 Å². The molecule has 4 heteroatoms. The van der Waals surface area contributed by atoms with Gasteiger partial charge in [-0.2, -0.15) is 5.10 Å². The van der Waals surface area contributed by atoms with Gasteiger partial charge in [-0.15, -0.1) is 0 Å². The Bertz CT molecular complexity index is 332. The molecule has 96 valence electrons. The van der Waals surface area contributed by atoms with E-state index in [1.807, 2.05) is 19.4 Å². The fourth-order valence-electron chi connectivity index (χ4n) is 2.35. The predicted molar refractivity (Wildman–Crippen MR) is 65.7 cm³/mol. The Hall–Kier alpha value is -0.870. The van der Waals surface area contributed by atoms with Gasteiger partial charge in [0.25, 0.3) is 0 Å². The highest BCUT2D eigenvalue weighted by molar-refractivity contribution is 5.03. The molecule has 1 N–H and O–H groups in total. The first-order valence-electron chi connectivity index (χ1n) is 6.51. The molecule has 1 aliphatic heterocycles. The van der Waals surface area contributed by atoms with Crippen LogP contribution in [0.3, 0.4) is 0 Å². The molecule has 17 heavy (non-hydrogen) atoms. The van der Waals surface area contributed by atoms with Gasteiger partial charge in [-0.3, -0.25) is 4.68 Å². The van der Waals surface area contributed by atoms with Crippen LogP contribution in [0.2, 0.25) is 0 Å². The minimum atomic E-state index is -0.252. The van der Waals surface area contributed by atoms with Crippen molar-refractivity contribution in [1.82, 2.24) is 9.78 Å². The molecule has 1 fully saturated rings. The zero-order valence-electron chi connectivity index (χ0n) is 10.5. The summed E-state index contributed by atoms with van der Waals surface area (Å²) in [5, 5.41) is 14.1. The second-order valence-corrected chi connectivity index (χ2v) is 4.94. The summed E-state index contributed by atoms with van der Waals surface area (Å²) in [6.45, 7) is 0.861. The Morgan fingerprint density at radius 2 is 2.47 bits per heavy atom. The van der Waals surface area contributed by atoms with Gasteiger partial charge < -0.3 is 9.84 Å². The summed E-state index contributed by atoms with van der Waals surface area (Å²) in [7, 11) is 1.91. The highest BCUT2D eigenvalue weighted by atomic mass is 16.5. The fourth-order valence-corrected chi connectivity index (χ4v) is 2.35. The third-order valence-electron chi connectivity index (χ3n) is 3.33. The van der Waals surface area contributed by atoms with Crippen LogP contribution in [0.4, 0.5) is 0 Å². The molecule has 1 saturated heterocycles. The van der Waals surface area contributed by atoms with E-state index in [0.717, 1.165) is 32.3 Å². The SMILES string of the molecule is Cn1cc(CCC(O)CC2CCCCO2)cn1. The quantitative estimate of drug-likeness (QED) is 0.849. The molecule has 2 heterocycles. The van der Waals surface area contributed by atoms with Gasteiger partial charge >= 0.3 is 0 Å². The van der Waals surface area contributed by atoms with Crippen molar-refractivity contribution >= 4 is 0 Å². The van der Waals surface area contributed by atoms with Gasteiger partial charge in [0.05, 0.1) is 18.4 Å². The van der Waals surface area contributed by atoms with Gasteiger partial charge in [-0.25, -0.2) is 0 Å². The largest absolute Gasteiger partial charge is 0.393 e. The van der Waals surface area contributed by atoms with E-state index in [1.165, 1.54) is 18.4 Å². The summed E-state index contributed by atoms with van der Waals surface area (Å²) in [6.07, 6.45) is 9.86. The Morgan fingerprint density at radius 3 is 3.12 bits per heavy atom. The van der Waals surface area contributed by atoms with Crippen LogP contribution in [-0.2, 0) is 18.2 Å². The van der Waals surface area contributed by atoms with Crippen LogP contribution in [0, 0.1) is 0 Å². The van der Waals surface area contributed by atoms with E-state index in [-0.39, 0.29) is 12.2 Å². The number of aliphatic hydroxyl groups excluding tert-OH is 1. The Kier molecular flexibility index (Phi) is 4.57. The standard InChI is InChI=1S/C13H22N2O2/c1-15-10-11(9-14-15)5-6-12(16)8-13-4-2-3-7-17-13/h9-10,12-13,16H,2-8H2,1H3. The monoisotopic (exact) mass is 238 g/mol. The highest BCUT2D eigenvalue weighted by Gasteiger charge is 2.17. The number of hydrogen-bond donors (Lipinski definition) is 1. The molecule has 0 bridgehead atoms. The normalized spacial score (nSPS) is 22.6. The van der Waals surface area contributed by atoms with Gasteiger partial charge in [-0.05, 0) is 44.1 Å². The minimum absolute atomic E-state index is 0.252. The minimum Gasteiger partial charge on any atom is -0.393 e. The van der Waals surface area contributed by atoms with Crippen molar-refractivity contribution < 1.29 is 9.84 Å². The van der Waals surface area contributed by atoms with Crippen LogP contribution in [0.15, 0.2) is 12.4 Å². The average Bonchev–Trinajstić information content (AvgIpc) is 2.74. The molecule has 0 amide bonds. The first-order valence-corrected chi connectivity index (χ1v) is 6.51. The number of aryl methyl sites for hydroxylation is 2. The van der Waals surface area contributed by atoms with E-state index in [4.69, 9.17) is 4.74 Å². The van der Waals surface area contributed by atoms with Crippen molar-refractivity contribution in [2.45, 2.75) is 50.7 Å². The van der Waals surface area contributed by atoms with E-state index in [1.54, 1.807) is 4.68 Å². The zero-order valence-corrected chi connectivity index (χ0v) is 10.5. The molecule has 1 aliphatic rings. The molecule has 0 aromatic carbocycles. The molecular formula is C13H22N2O2. The molecule has 2 rings (SSSR count). The second-order valence-electron chi connectivity index (χ2n) is 4.94. The molecule has 2 atom stereocenters. The molecule has 0 spiro atoms. The van der Waals surface area contributed by atoms with Crippen molar-refractivity contribution in [3.63, 3.8) is 0 Å². The number of nitrogens with zero attached hydrogens (tertiary/aromatic N) is 2. The smallest absolute Gasteiger partial charge is 0.0599 e. The Balaban J connectivity index is 1.68. The molecular weight excluding hydrogens is 216 g/mol. The predicted octanol–water partition coefficient (Wildman–Crippen LogP) is 1.67. The summed E-state index contributed by atoms with van der Waals surface area (Å²) in [6, 6.07) is 0. The lowest BCUT2D eigenvalue weighted by Crippen LogP contribution is -2.24. The molecule has 0 saturated carbocycles. The average molecular weight is 238 g/mol. The van der Waals surface area contributed by atoms with Gasteiger partial charge in [0.2, 0.25) is 0 Å². The van der Waals surface area contributed by atoms with Crippen molar-refractivity contribution in [2.75, 3.05) is 6.61 Å². The van der Waals surface area contributed by atoms with Crippen molar-refractivity contribution in [3.8, 4) is 0 Å². The third-order valence-corrected chi connectivity index (χ3v) is 3.33. The van der Waals surface area contributed by atoms with Gasteiger partial charge in [0, 0.05) is 19.9 Å². The number of ether oxygens (including phenoxy) is 1. The molecule has 0 aliphatic carbocycles. The Morgan fingerprint density at radius 1 is 1.59 bits per heavy atom. The number of aromatic nitrogens is 2. The fraction of sp³-hybridized carbons (Fsp3) is 0.769. The second kappa shape index (κ2) is 6.17. The highest BCUT2D eigenvalue weighted by Crippen LogP contribution is 2.18. The summed E-state index contributed by atoms with van der Waals surface area (Å²) in [5.74, 6) is 0. The lowest BCUT2D eigenvalue weighted by Gasteiger charge is -2.24. The lowest BCUT2D eigenvalue weighted by atomic mass is 10.00. The summed E-state index contributed by atoms with van der Waals surface area (Å²) in [5.41, 5.74) is 1.19. The summed E-state index contributed by atoms with van der Waals surface area (Å²) >= 11 is 0. The van der Waals surface area contributed by atoms with Crippen molar-refractivity contribution in [2.24, 2.45) is 7.05 Å². The summed E-state index contributed by atoms with van der Waals surface area (Å²) in [4.78, 5) is 0. The Labute approximate surface area is 103 Å².